The molecule has 3 N–H and O–H groups in total. The van der Waals surface area contributed by atoms with E-state index in [0.717, 1.165) is 29.7 Å². The predicted octanol–water partition coefficient (Wildman–Crippen LogP) is 2.84. The highest BCUT2D eigenvalue weighted by molar-refractivity contribution is 9.10. The predicted molar refractivity (Wildman–Crippen MR) is 90.2 cm³/mol. The molecule has 1 aromatic carbocycles. The van der Waals surface area contributed by atoms with Crippen LogP contribution < -0.4 is 11.1 Å². The van der Waals surface area contributed by atoms with E-state index in [1.54, 1.807) is 0 Å². The molecule has 1 fully saturated rings. The third-order valence-electron chi connectivity index (χ3n) is 4.27. The molecule has 0 saturated heterocycles. The van der Waals surface area contributed by atoms with Crippen molar-refractivity contribution in [3.63, 3.8) is 0 Å². The molecule has 1 saturated carbocycles. The Balaban J connectivity index is 1.91. The molecule has 2 atom stereocenters. The summed E-state index contributed by atoms with van der Waals surface area (Å²) in [5.74, 6) is 0.576. The first kappa shape index (κ1) is 16.5. The van der Waals surface area contributed by atoms with Gasteiger partial charge in [0.2, 0.25) is 5.91 Å². The zero-order valence-corrected chi connectivity index (χ0v) is 14.1. The van der Waals surface area contributed by atoms with Gasteiger partial charge in [-0.3, -0.25) is 9.69 Å². The van der Waals surface area contributed by atoms with E-state index in [1.807, 2.05) is 24.3 Å². The summed E-state index contributed by atoms with van der Waals surface area (Å²) in [4.78, 5) is 14.5. The van der Waals surface area contributed by atoms with Crippen LogP contribution in [0, 0.1) is 5.92 Å². The number of hydrogen-bond donors (Lipinski definition) is 2. The Morgan fingerprint density at radius 3 is 2.71 bits per heavy atom. The second kappa shape index (κ2) is 7.92. The lowest BCUT2D eigenvalue weighted by Gasteiger charge is -2.31. The van der Waals surface area contributed by atoms with Gasteiger partial charge >= 0.3 is 0 Å². The number of hydrogen-bond acceptors (Lipinski definition) is 3. The van der Waals surface area contributed by atoms with Crippen LogP contribution >= 0.6 is 15.9 Å². The van der Waals surface area contributed by atoms with Gasteiger partial charge in [-0.25, -0.2) is 0 Å². The third kappa shape index (κ3) is 4.53. The Morgan fingerprint density at radius 1 is 1.38 bits per heavy atom. The van der Waals surface area contributed by atoms with Gasteiger partial charge < -0.3 is 11.1 Å². The first-order valence-corrected chi connectivity index (χ1v) is 8.43. The molecule has 2 rings (SSSR count). The molecule has 0 aliphatic heterocycles. The maximum atomic E-state index is 12.2. The highest BCUT2D eigenvalue weighted by atomic mass is 79.9. The van der Waals surface area contributed by atoms with E-state index >= 15 is 0 Å². The fourth-order valence-corrected chi connectivity index (χ4v) is 3.42. The van der Waals surface area contributed by atoms with E-state index in [1.165, 1.54) is 12.8 Å². The number of carbonyl (C=O) groups is 1. The van der Waals surface area contributed by atoms with E-state index in [9.17, 15) is 4.79 Å². The van der Waals surface area contributed by atoms with Crippen LogP contribution in [0.3, 0.4) is 0 Å². The van der Waals surface area contributed by atoms with Gasteiger partial charge in [0.15, 0.2) is 0 Å². The van der Waals surface area contributed by atoms with Crippen molar-refractivity contribution >= 4 is 27.5 Å². The minimum absolute atomic E-state index is 0.0434. The maximum absolute atomic E-state index is 12.2. The third-order valence-corrected chi connectivity index (χ3v) is 4.80. The van der Waals surface area contributed by atoms with Gasteiger partial charge in [-0.15, -0.1) is 0 Å². The van der Waals surface area contributed by atoms with Crippen LogP contribution in [0.1, 0.15) is 26.2 Å². The average molecular weight is 354 g/mol. The zero-order valence-electron chi connectivity index (χ0n) is 12.5. The fraction of sp³-hybridized carbons (Fsp3) is 0.562. The minimum atomic E-state index is 0.0434. The molecule has 21 heavy (non-hydrogen) atoms. The molecule has 1 aromatic rings. The Bertz CT molecular complexity index is 463. The number of rotatable bonds is 6. The van der Waals surface area contributed by atoms with E-state index in [0.29, 0.717) is 18.5 Å². The lowest BCUT2D eigenvalue weighted by molar-refractivity contribution is -0.118. The minimum Gasteiger partial charge on any atom is -0.330 e. The smallest absolute Gasteiger partial charge is 0.238 e. The summed E-state index contributed by atoms with van der Waals surface area (Å²) in [5.41, 5.74) is 6.69. The molecular weight excluding hydrogens is 330 g/mol. The molecule has 5 heteroatoms. The van der Waals surface area contributed by atoms with Crippen molar-refractivity contribution in [1.82, 2.24) is 4.90 Å². The highest BCUT2D eigenvalue weighted by Gasteiger charge is 2.31. The summed E-state index contributed by atoms with van der Waals surface area (Å²) < 4.78 is 1.01. The van der Waals surface area contributed by atoms with Crippen molar-refractivity contribution in [2.24, 2.45) is 11.7 Å². The normalized spacial score (nSPS) is 21.7. The summed E-state index contributed by atoms with van der Waals surface area (Å²) in [6, 6.07) is 8.10. The largest absolute Gasteiger partial charge is 0.330 e. The van der Waals surface area contributed by atoms with Crippen LogP contribution in [-0.2, 0) is 4.79 Å². The molecule has 0 aromatic heterocycles. The van der Waals surface area contributed by atoms with Gasteiger partial charge in [-0.1, -0.05) is 29.3 Å². The quantitative estimate of drug-likeness (QED) is 0.826. The maximum Gasteiger partial charge on any atom is 0.238 e. The number of nitrogens with one attached hydrogen (secondary N) is 1. The van der Waals surface area contributed by atoms with Crippen molar-refractivity contribution < 1.29 is 4.79 Å². The molecule has 0 bridgehead atoms. The van der Waals surface area contributed by atoms with Crippen LogP contribution in [-0.4, -0.2) is 36.5 Å². The lowest BCUT2D eigenvalue weighted by Crippen LogP contribution is -2.44. The summed E-state index contributed by atoms with van der Waals surface area (Å²) in [6.07, 6.45) is 3.56. The van der Waals surface area contributed by atoms with Crippen LogP contribution in [0.25, 0.3) is 0 Å². The molecule has 2 unspecified atom stereocenters. The van der Waals surface area contributed by atoms with Crippen molar-refractivity contribution in [3.05, 3.63) is 28.7 Å². The number of halogens is 1. The first-order chi connectivity index (χ1) is 10.1. The van der Waals surface area contributed by atoms with Gasteiger partial charge in [0.05, 0.1) is 6.54 Å². The van der Waals surface area contributed by atoms with E-state index < -0.39 is 0 Å². The zero-order chi connectivity index (χ0) is 15.2. The SMILES string of the molecule is CCN(CC(=O)Nc1ccc(Br)cc1)C1CCCC1CN. The standard InChI is InChI=1S/C16H24BrN3O/c1-2-20(15-5-3-4-12(15)10-18)11-16(21)19-14-8-6-13(17)7-9-14/h6-9,12,15H,2-5,10-11,18H2,1H3,(H,19,21). The van der Waals surface area contributed by atoms with Crippen molar-refractivity contribution in [2.45, 2.75) is 32.2 Å². The van der Waals surface area contributed by atoms with E-state index in [4.69, 9.17) is 5.73 Å². The fourth-order valence-electron chi connectivity index (χ4n) is 3.15. The molecule has 0 heterocycles. The highest BCUT2D eigenvalue weighted by Crippen LogP contribution is 2.29. The summed E-state index contributed by atoms with van der Waals surface area (Å²) in [6.45, 7) is 4.15. The van der Waals surface area contributed by atoms with Crippen molar-refractivity contribution in [2.75, 3.05) is 25.0 Å². The van der Waals surface area contributed by atoms with Gasteiger partial charge in [0.1, 0.15) is 0 Å². The van der Waals surface area contributed by atoms with E-state index in [2.05, 4.69) is 33.1 Å². The Morgan fingerprint density at radius 2 is 2.10 bits per heavy atom. The van der Waals surface area contributed by atoms with Gasteiger partial charge in [-0.2, -0.15) is 0 Å². The summed E-state index contributed by atoms with van der Waals surface area (Å²) in [5, 5.41) is 2.96. The number of nitrogens with zero attached hydrogens (tertiary/aromatic N) is 1. The summed E-state index contributed by atoms with van der Waals surface area (Å²) >= 11 is 3.39. The average Bonchev–Trinajstić information content (AvgIpc) is 2.95. The number of amides is 1. The molecule has 0 radical (unpaired) electrons. The van der Waals surface area contributed by atoms with Gasteiger partial charge in [0.25, 0.3) is 0 Å². The molecule has 1 aliphatic rings. The van der Waals surface area contributed by atoms with Crippen LogP contribution in [0.15, 0.2) is 28.7 Å². The molecule has 116 valence electrons. The van der Waals surface area contributed by atoms with Gasteiger partial charge in [-0.05, 0) is 56.1 Å². The first-order valence-electron chi connectivity index (χ1n) is 7.63. The lowest BCUT2D eigenvalue weighted by atomic mass is 10.0. The number of benzene rings is 1. The molecule has 1 amide bonds. The van der Waals surface area contributed by atoms with Crippen LogP contribution in [0.4, 0.5) is 5.69 Å². The number of carbonyl (C=O) groups excluding carboxylic acids is 1. The topological polar surface area (TPSA) is 58.4 Å². The molecule has 0 spiro atoms. The van der Waals surface area contributed by atoms with Crippen molar-refractivity contribution in [1.29, 1.82) is 0 Å². The Kier molecular flexibility index (Phi) is 6.21. The number of nitrogens with two attached hydrogens (primary N) is 1. The van der Waals surface area contributed by atoms with Crippen LogP contribution in [0.2, 0.25) is 0 Å². The Hall–Kier alpha value is -0.910. The number of likely N-dealkylation sites (N-methyl/N-ethyl adjacent to an activating group) is 1. The van der Waals surface area contributed by atoms with E-state index in [-0.39, 0.29) is 5.91 Å². The number of anilines is 1. The summed E-state index contributed by atoms with van der Waals surface area (Å²) in [7, 11) is 0. The monoisotopic (exact) mass is 353 g/mol. The van der Waals surface area contributed by atoms with Crippen LogP contribution in [0.5, 0.6) is 0 Å². The molecule has 1 aliphatic carbocycles. The molecule has 4 nitrogen and oxygen atoms in total. The molecular formula is C16H24BrN3O. The second-order valence-corrected chi connectivity index (χ2v) is 6.53. The Labute approximate surface area is 135 Å². The van der Waals surface area contributed by atoms with Gasteiger partial charge in [0, 0.05) is 16.2 Å². The second-order valence-electron chi connectivity index (χ2n) is 5.61. The van der Waals surface area contributed by atoms with Crippen molar-refractivity contribution in [3.8, 4) is 0 Å².